The number of carbonyl (C=O) groups is 1. The molecule has 0 saturated heterocycles. The van der Waals surface area contributed by atoms with Crippen molar-refractivity contribution in [3.05, 3.63) is 11.3 Å². The predicted molar refractivity (Wildman–Crippen MR) is 41.3 cm³/mol. The van der Waals surface area contributed by atoms with Crippen molar-refractivity contribution in [1.82, 2.24) is 0 Å². The molecule has 0 aromatic heterocycles. The van der Waals surface area contributed by atoms with Crippen LogP contribution in [0, 0.1) is 0 Å². The molecule has 0 amide bonds. The summed E-state index contributed by atoms with van der Waals surface area (Å²) in [5.74, 6) is -0.0269. The van der Waals surface area contributed by atoms with Crippen molar-refractivity contribution in [2.45, 2.75) is 20.0 Å². The Hall–Kier alpha value is -1.03. The molecule has 1 atom stereocenters. The van der Waals surface area contributed by atoms with Gasteiger partial charge < -0.3 is 14.6 Å². The zero-order chi connectivity index (χ0) is 9.14. The van der Waals surface area contributed by atoms with Crippen LogP contribution in [0.15, 0.2) is 11.3 Å². The second-order valence-electron chi connectivity index (χ2n) is 2.52. The van der Waals surface area contributed by atoms with Gasteiger partial charge in [0.1, 0.15) is 24.0 Å². The summed E-state index contributed by atoms with van der Waals surface area (Å²) in [6.45, 7) is 3.82. The fourth-order valence-electron chi connectivity index (χ4n) is 1.09. The van der Waals surface area contributed by atoms with Crippen molar-refractivity contribution < 1.29 is 19.4 Å². The van der Waals surface area contributed by atoms with Gasteiger partial charge in [0.15, 0.2) is 0 Å². The minimum absolute atomic E-state index is 0.153. The highest BCUT2D eigenvalue weighted by molar-refractivity contribution is 5.90. The van der Waals surface area contributed by atoms with Gasteiger partial charge >= 0.3 is 5.97 Å². The van der Waals surface area contributed by atoms with E-state index in [1.165, 1.54) is 0 Å². The summed E-state index contributed by atoms with van der Waals surface area (Å²) in [6, 6.07) is 0. The van der Waals surface area contributed by atoms with Crippen LogP contribution in [0.25, 0.3) is 0 Å². The third-order valence-electron chi connectivity index (χ3n) is 1.67. The van der Waals surface area contributed by atoms with Crippen LogP contribution in [0.4, 0.5) is 0 Å². The highest BCUT2D eigenvalue weighted by Gasteiger charge is 2.29. The Labute approximate surface area is 70.8 Å². The van der Waals surface area contributed by atoms with Crippen LogP contribution in [0.3, 0.4) is 0 Å². The number of allylic oxidation sites excluding steroid dienone is 1. The van der Waals surface area contributed by atoms with E-state index >= 15 is 0 Å². The van der Waals surface area contributed by atoms with E-state index in [0.717, 1.165) is 0 Å². The van der Waals surface area contributed by atoms with Gasteiger partial charge in [-0.25, -0.2) is 4.79 Å². The zero-order valence-electron chi connectivity index (χ0n) is 7.16. The molecule has 1 N–H and O–H groups in total. The SMILES string of the molecule is CCOC(=O)C1=C(C)OCC1O. The molecule has 0 aliphatic carbocycles. The number of rotatable bonds is 2. The summed E-state index contributed by atoms with van der Waals surface area (Å²) in [7, 11) is 0. The summed E-state index contributed by atoms with van der Waals surface area (Å²) >= 11 is 0. The number of esters is 1. The van der Waals surface area contributed by atoms with E-state index in [2.05, 4.69) is 0 Å². The third kappa shape index (κ3) is 1.58. The topological polar surface area (TPSA) is 55.8 Å². The van der Waals surface area contributed by atoms with Gasteiger partial charge in [0.05, 0.1) is 6.61 Å². The molecule has 1 aliphatic rings. The van der Waals surface area contributed by atoms with Crippen molar-refractivity contribution in [2.24, 2.45) is 0 Å². The van der Waals surface area contributed by atoms with Gasteiger partial charge in [0.25, 0.3) is 0 Å². The van der Waals surface area contributed by atoms with Gasteiger partial charge in [0.2, 0.25) is 0 Å². The highest BCUT2D eigenvalue weighted by atomic mass is 16.5. The Kier molecular flexibility index (Phi) is 2.70. The van der Waals surface area contributed by atoms with Crippen molar-refractivity contribution >= 4 is 5.97 Å². The summed E-state index contributed by atoms with van der Waals surface area (Å²) < 4.78 is 9.70. The maximum atomic E-state index is 11.1. The average molecular weight is 172 g/mol. The maximum absolute atomic E-state index is 11.1. The minimum Gasteiger partial charge on any atom is -0.494 e. The summed E-state index contributed by atoms with van der Waals surface area (Å²) in [6.07, 6.45) is -0.830. The largest absolute Gasteiger partial charge is 0.494 e. The van der Waals surface area contributed by atoms with Gasteiger partial charge in [0, 0.05) is 0 Å². The molecule has 1 unspecified atom stereocenters. The molecule has 0 spiro atoms. The van der Waals surface area contributed by atoms with E-state index in [1.54, 1.807) is 13.8 Å². The Morgan fingerprint density at radius 2 is 2.50 bits per heavy atom. The minimum atomic E-state index is -0.830. The van der Waals surface area contributed by atoms with E-state index in [4.69, 9.17) is 9.47 Å². The normalized spacial score (nSPS) is 22.4. The van der Waals surface area contributed by atoms with E-state index in [0.29, 0.717) is 12.4 Å². The lowest BCUT2D eigenvalue weighted by atomic mass is 10.1. The lowest BCUT2D eigenvalue weighted by molar-refractivity contribution is -0.139. The van der Waals surface area contributed by atoms with Crippen LogP contribution in [0.2, 0.25) is 0 Å². The number of aliphatic hydroxyl groups excluding tert-OH is 1. The van der Waals surface area contributed by atoms with Crippen molar-refractivity contribution in [3.8, 4) is 0 Å². The molecule has 0 aromatic carbocycles. The lowest BCUT2D eigenvalue weighted by Crippen LogP contribution is -2.19. The van der Waals surface area contributed by atoms with Crippen LogP contribution in [-0.4, -0.2) is 30.4 Å². The first-order valence-electron chi connectivity index (χ1n) is 3.85. The quantitative estimate of drug-likeness (QED) is 0.605. The highest BCUT2D eigenvalue weighted by Crippen LogP contribution is 2.20. The predicted octanol–water partition coefficient (Wildman–Crippen LogP) is 0.215. The Morgan fingerprint density at radius 1 is 1.83 bits per heavy atom. The Balaban J connectivity index is 2.72. The van der Waals surface area contributed by atoms with E-state index in [-0.39, 0.29) is 12.2 Å². The standard InChI is InChI=1S/C8H12O4/c1-3-11-8(10)7-5(2)12-4-6(7)9/h6,9H,3-4H2,1-2H3. The third-order valence-corrected chi connectivity index (χ3v) is 1.67. The van der Waals surface area contributed by atoms with Crippen LogP contribution in [0.1, 0.15) is 13.8 Å². The zero-order valence-corrected chi connectivity index (χ0v) is 7.16. The molecule has 1 rings (SSSR count). The Morgan fingerprint density at radius 3 is 2.92 bits per heavy atom. The molecular weight excluding hydrogens is 160 g/mol. The number of carbonyl (C=O) groups excluding carboxylic acids is 1. The van der Waals surface area contributed by atoms with Gasteiger partial charge in [-0.15, -0.1) is 0 Å². The molecule has 1 aliphatic heterocycles. The molecule has 0 aromatic rings. The number of hydrogen-bond acceptors (Lipinski definition) is 4. The van der Waals surface area contributed by atoms with Gasteiger partial charge in [-0.1, -0.05) is 0 Å². The second kappa shape index (κ2) is 3.58. The molecular formula is C8H12O4. The van der Waals surface area contributed by atoms with Crippen molar-refractivity contribution in [2.75, 3.05) is 13.2 Å². The Bertz CT molecular complexity index is 219. The molecule has 0 fully saturated rings. The summed E-state index contributed by atoms with van der Waals surface area (Å²) in [5, 5.41) is 9.27. The average Bonchev–Trinajstić information content (AvgIpc) is 2.32. The first kappa shape index (κ1) is 9.06. The summed E-state index contributed by atoms with van der Waals surface area (Å²) in [4.78, 5) is 11.1. The molecule has 1 heterocycles. The van der Waals surface area contributed by atoms with Crippen LogP contribution < -0.4 is 0 Å². The van der Waals surface area contributed by atoms with Crippen LogP contribution in [-0.2, 0) is 14.3 Å². The molecule has 68 valence electrons. The fourth-order valence-corrected chi connectivity index (χ4v) is 1.09. The number of aliphatic hydroxyl groups is 1. The number of ether oxygens (including phenoxy) is 2. The van der Waals surface area contributed by atoms with E-state index in [9.17, 15) is 9.90 Å². The van der Waals surface area contributed by atoms with Crippen LogP contribution in [0.5, 0.6) is 0 Å². The fraction of sp³-hybridized carbons (Fsp3) is 0.625. The van der Waals surface area contributed by atoms with Gasteiger partial charge in [-0.05, 0) is 13.8 Å². The number of hydrogen-bond donors (Lipinski definition) is 1. The molecule has 0 saturated carbocycles. The van der Waals surface area contributed by atoms with Crippen LogP contribution >= 0.6 is 0 Å². The van der Waals surface area contributed by atoms with Gasteiger partial charge in [-0.2, -0.15) is 0 Å². The van der Waals surface area contributed by atoms with E-state index < -0.39 is 12.1 Å². The molecule has 0 radical (unpaired) electrons. The lowest BCUT2D eigenvalue weighted by Gasteiger charge is -2.04. The van der Waals surface area contributed by atoms with Gasteiger partial charge in [-0.3, -0.25) is 0 Å². The van der Waals surface area contributed by atoms with Crippen molar-refractivity contribution in [3.63, 3.8) is 0 Å². The smallest absolute Gasteiger partial charge is 0.340 e. The summed E-state index contributed by atoms with van der Waals surface area (Å²) in [5.41, 5.74) is 0.247. The van der Waals surface area contributed by atoms with Crippen molar-refractivity contribution in [1.29, 1.82) is 0 Å². The molecule has 12 heavy (non-hydrogen) atoms. The first-order chi connectivity index (χ1) is 5.66. The molecule has 0 bridgehead atoms. The molecule has 4 nitrogen and oxygen atoms in total. The first-order valence-corrected chi connectivity index (χ1v) is 3.85. The van der Waals surface area contributed by atoms with E-state index in [1.807, 2.05) is 0 Å². The molecule has 4 heteroatoms. The monoisotopic (exact) mass is 172 g/mol. The maximum Gasteiger partial charge on any atom is 0.340 e. The second-order valence-corrected chi connectivity index (χ2v) is 2.52.